The van der Waals surface area contributed by atoms with Crippen LogP contribution >= 0.6 is 69.6 Å². The van der Waals surface area contributed by atoms with Crippen LogP contribution in [-0.2, 0) is 28.7 Å². The van der Waals surface area contributed by atoms with Gasteiger partial charge in [-0.3, -0.25) is 4.84 Å². The number of carbonyl (C=O) groups is 2. The van der Waals surface area contributed by atoms with Gasteiger partial charge in [-0.15, -0.1) is 0 Å². The molecular weight excluding hydrogens is 457 g/mol. The fourth-order valence-electron chi connectivity index (χ4n) is 0.901. The maximum atomic E-state index is 12.1. The van der Waals surface area contributed by atoms with E-state index in [4.69, 9.17) is 80.2 Å². The maximum absolute atomic E-state index is 12.1. The number of hydrogen-bond donors (Lipinski definition) is 1. The van der Waals surface area contributed by atoms with Gasteiger partial charge in [-0.1, -0.05) is 69.6 Å². The van der Waals surface area contributed by atoms with Crippen LogP contribution in [0, 0.1) is 0 Å². The molecule has 140 valence electrons. The Morgan fingerprint density at radius 3 is 2.00 bits per heavy atom. The zero-order valence-electron chi connectivity index (χ0n) is 12.2. The number of esters is 2. The standard InChI is InChI=1S/C10H12Cl6N2O6/c1-3-22-18-5(10(14,15)16)23-7(20)8(2,24-17)6(19)21-4-9(11,12)13/h3-4,17H2,1-2H3. The molecule has 0 spiro atoms. The monoisotopic (exact) mass is 466 g/mol. The highest BCUT2D eigenvalue weighted by molar-refractivity contribution is 6.76. The third kappa shape index (κ3) is 7.97. The van der Waals surface area contributed by atoms with E-state index in [2.05, 4.69) is 19.6 Å². The van der Waals surface area contributed by atoms with E-state index in [0.717, 1.165) is 6.92 Å². The van der Waals surface area contributed by atoms with E-state index in [0.29, 0.717) is 0 Å². The van der Waals surface area contributed by atoms with Gasteiger partial charge in [0, 0.05) is 0 Å². The fraction of sp³-hybridized carbons (Fsp3) is 0.700. The Morgan fingerprint density at radius 2 is 1.62 bits per heavy atom. The quantitative estimate of drug-likeness (QED) is 0.159. The van der Waals surface area contributed by atoms with Gasteiger partial charge in [0.2, 0.25) is 3.79 Å². The molecule has 0 aliphatic carbocycles. The first-order chi connectivity index (χ1) is 10.8. The summed E-state index contributed by atoms with van der Waals surface area (Å²) in [5.41, 5.74) is -2.46. The summed E-state index contributed by atoms with van der Waals surface area (Å²) in [5, 5.41) is 3.31. The first-order valence-corrected chi connectivity index (χ1v) is 8.16. The third-order valence-electron chi connectivity index (χ3n) is 2.09. The smallest absolute Gasteiger partial charge is 0.358 e. The van der Waals surface area contributed by atoms with Crippen molar-refractivity contribution in [1.82, 2.24) is 0 Å². The van der Waals surface area contributed by atoms with Gasteiger partial charge in [-0.2, -0.15) is 0 Å². The van der Waals surface area contributed by atoms with Crippen molar-refractivity contribution in [3.63, 3.8) is 0 Å². The van der Waals surface area contributed by atoms with Gasteiger partial charge in [0.05, 0.1) is 0 Å². The van der Waals surface area contributed by atoms with Crippen LogP contribution in [0.4, 0.5) is 0 Å². The lowest BCUT2D eigenvalue weighted by atomic mass is 10.1. The van der Waals surface area contributed by atoms with Crippen molar-refractivity contribution in [3.8, 4) is 0 Å². The van der Waals surface area contributed by atoms with Crippen LogP contribution in [0.5, 0.6) is 0 Å². The normalized spacial score (nSPS) is 15.5. The molecule has 0 bridgehead atoms. The van der Waals surface area contributed by atoms with Crippen LogP contribution in [0.25, 0.3) is 0 Å². The van der Waals surface area contributed by atoms with Crippen LogP contribution in [0.2, 0.25) is 0 Å². The van der Waals surface area contributed by atoms with Crippen molar-refractivity contribution >= 4 is 87.4 Å². The molecule has 0 aromatic carbocycles. The van der Waals surface area contributed by atoms with Crippen LogP contribution in [0.1, 0.15) is 13.8 Å². The predicted molar refractivity (Wildman–Crippen MR) is 90.4 cm³/mol. The molecule has 0 aromatic heterocycles. The second-order valence-corrected chi connectivity index (χ2v) is 8.84. The number of carbonyl (C=O) groups excluding carboxylic acids is 2. The highest BCUT2D eigenvalue weighted by Crippen LogP contribution is 2.30. The summed E-state index contributed by atoms with van der Waals surface area (Å²) in [6.45, 7) is 1.89. The highest BCUT2D eigenvalue weighted by Gasteiger charge is 2.49. The molecule has 0 heterocycles. The second kappa shape index (κ2) is 9.68. The number of oxime groups is 1. The number of alkyl halides is 6. The minimum absolute atomic E-state index is 0.0811. The molecule has 0 amide bonds. The molecule has 0 rings (SSSR count). The number of rotatable bonds is 6. The van der Waals surface area contributed by atoms with Crippen molar-refractivity contribution in [3.05, 3.63) is 0 Å². The van der Waals surface area contributed by atoms with Crippen LogP contribution in [-0.4, -0.2) is 44.2 Å². The van der Waals surface area contributed by atoms with Gasteiger partial charge in [-0.25, -0.2) is 15.5 Å². The Kier molecular flexibility index (Phi) is 9.71. The van der Waals surface area contributed by atoms with Gasteiger partial charge in [0.15, 0.2) is 0 Å². The summed E-state index contributed by atoms with van der Waals surface area (Å²) in [5.74, 6) is 1.45. The lowest BCUT2D eigenvalue weighted by molar-refractivity contribution is -0.185. The van der Waals surface area contributed by atoms with Crippen molar-refractivity contribution in [2.45, 2.75) is 27.0 Å². The Labute approximate surface area is 167 Å². The number of nitrogens with two attached hydrogens (primary N) is 1. The van der Waals surface area contributed by atoms with E-state index in [9.17, 15) is 9.59 Å². The Hall–Kier alpha value is 0.0700. The van der Waals surface area contributed by atoms with E-state index in [1.54, 1.807) is 6.92 Å². The molecule has 0 saturated carbocycles. The van der Waals surface area contributed by atoms with Crippen molar-refractivity contribution < 1.29 is 28.7 Å². The molecule has 24 heavy (non-hydrogen) atoms. The first-order valence-electron chi connectivity index (χ1n) is 5.89. The van der Waals surface area contributed by atoms with Crippen molar-refractivity contribution in [2.75, 3.05) is 13.2 Å². The zero-order valence-corrected chi connectivity index (χ0v) is 16.7. The molecule has 2 N–H and O–H groups in total. The molecule has 1 unspecified atom stereocenters. The summed E-state index contributed by atoms with van der Waals surface area (Å²) in [6.07, 6.45) is 0. The topological polar surface area (TPSA) is 109 Å². The molecule has 0 aromatic rings. The van der Waals surface area contributed by atoms with Gasteiger partial charge in [-0.05, 0) is 19.0 Å². The molecule has 0 radical (unpaired) electrons. The number of hydrogen-bond acceptors (Lipinski definition) is 8. The average Bonchev–Trinajstić information content (AvgIpc) is 2.45. The second-order valence-electron chi connectivity index (χ2n) is 4.04. The Morgan fingerprint density at radius 1 is 1.08 bits per heavy atom. The lowest BCUT2D eigenvalue weighted by Crippen LogP contribution is -2.52. The van der Waals surface area contributed by atoms with E-state index in [-0.39, 0.29) is 6.61 Å². The van der Waals surface area contributed by atoms with Gasteiger partial charge in [0.1, 0.15) is 13.2 Å². The summed E-state index contributed by atoms with van der Waals surface area (Å²) >= 11 is 33.0. The Bertz CT molecular complexity index is 491. The van der Waals surface area contributed by atoms with Gasteiger partial charge < -0.3 is 14.3 Å². The van der Waals surface area contributed by atoms with Gasteiger partial charge >= 0.3 is 11.9 Å². The largest absolute Gasteiger partial charge is 0.458 e. The van der Waals surface area contributed by atoms with Crippen molar-refractivity contribution in [1.29, 1.82) is 0 Å². The maximum Gasteiger partial charge on any atom is 0.358 e. The summed E-state index contributed by atoms with van der Waals surface area (Å²) in [4.78, 5) is 33.1. The SMILES string of the molecule is CCON=C(OC(=O)C(C)(ON)C(=O)OCC(Cl)(Cl)Cl)C(Cl)(Cl)Cl. The van der Waals surface area contributed by atoms with Crippen molar-refractivity contribution in [2.24, 2.45) is 11.1 Å². The molecule has 0 fully saturated rings. The molecular formula is C10H12Cl6N2O6. The van der Waals surface area contributed by atoms with Crippen LogP contribution in [0.3, 0.4) is 0 Å². The molecule has 8 nitrogen and oxygen atoms in total. The van der Waals surface area contributed by atoms with E-state index in [1.807, 2.05) is 0 Å². The zero-order chi connectivity index (χ0) is 19.2. The lowest BCUT2D eigenvalue weighted by Gasteiger charge is -2.24. The number of ether oxygens (including phenoxy) is 2. The minimum atomic E-state index is -2.46. The number of halogens is 6. The van der Waals surface area contributed by atoms with Gasteiger partial charge in [0.25, 0.3) is 15.3 Å². The number of nitrogens with zero attached hydrogens (tertiary/aromatic N) is 1. The molecule has 0 saturated heterocycles. The van der Waals surface area contributed by atoms with Crippen LogP contribution < -0.4 is 5.90 Å². The average molecular weight is 469 g/mol. The van der Waals surface area contributed by atoms with E-state index in [1.165, 1.54) is 0 Å². The van der Waals surface area contributed by atoms with Crippen LogP contribution in [0.15, 0.2) is 5.16 Å². The summed E-state index contributed by atoms with van der Waals surface area (Å²) < 4.78 is 5.13. The molecule has 0 aliphatic heterocycles. The van der Waals surface area contributed by atoms with E-state index >= 15 is 0 Å². The minimum Gasteiger partial charge on any atom is -0.458 e. The fourth-order valence-corrected chi connectivity index (χ4v) is 1.28. The molecule has 1 atom stereocenters. The summed E-state index contributed by atoms with van der Waals surface area (Å²) in [7, 11) is 0. The predicted octanol–water partition coefficient (Wildman–Crippen LogP) is 2.81. The van der Waals surface area contributed by atoms with E-state index < -0.39 is 37.6 Å². The highest BCUT2D eigenvalue weighted by atomic mass is 35.6. The Balaban J connectivity index is 5.27. The summed E-state index contributed by atoms with van der Waals surface area (Å²) in [6, 6.07) is 0. The third-order valence-corrected chi connectivity index (χ3v) is 2.90. The molecule has 0 aliphatic rings. The first kappa shape index (κ1) is 24.1. The molecule has 14 heteroatoms.